The van der Waals surface area contributed by atoms with Crippen LogP contribution in [-0.4, -0.2) is 29.1 Å². The zero-order valence-corrected chi connectivity index (χ0v) is 16.9. The molecule has 0 radical (unpaired) electrons. The Balaban J connectivity index is 1.41. The predicted molar refractivity (Wildman–Crippen MR) is 112 cm³/mol. The van der Waals surface area contributed by atoms with Gasteiger partial charge in [0.1, 0.15) is 10.8 Å². The van der Waals surface area contributed by atoms with E-state index in [2.05, 4.69) is 20.8 Å². The molecule has 0 atom stereocenters. The number of carbonyl (C=O) groups excluding carboxylic acids is 2. The molecule has 0 fully saturated rings. The number of anilines is 1. The van der Waals surface area contributed by atoms with Crippen LogP contribution < -0.4 is 15.4 Å². The van der Waals surface area contributed by atoms with Gasteiger partial charge < -0.3 is 15.4 Å². The quantitative estimate of drug-likeness (QED) is 0.564. The molecule has 0 saturated heterocycles. The molecule has 0 spiro atoms. The first-order valence-electron chi connectivity index (χ1n) is 9.23. The summed E-state index contributed by atoms with van der Waals surface area (Å²) >= 11 is 1.24. The number of nitrogens with zero attached hydrogens (tertiary/aromatic N) is 2. The van der Waals surface area contributed by atoms with Crippen molar-refractivity contribution in [2.24, 2.45) is 0 Å². The molecule has 1 aromatic heterocycles. The Kier molecular flexibility index (Phi) is 7.29. The molecule has 3 rings (SSSR count). The number of nitrogens with one attached hydrogen (secondary N) is 2. The number of amides is 2. The van der Waals surface area contributed by atoms with Crippen LogP contribution >= 0.6 is 11.3 Å². The van der Waals surface area contributed by atoms with Crippen molar-refractivity contribution in [3.8, 4) is 5.75 Å². The first-order chi connectivity index (χ1) is 14.2. The molecule has 0 aliphatic carbocycles. The Morgan fingerprint density at radius 2 is 1.79 bits per heavy atom. The van der Waals surface area contributed by atoms with Gasteiger partial charge in [0.15, 0.2) is 0 Å². The summed E-state index contributed by atoms with van der Waals surface area (Å²) in [6.45, 7) is 0.422. The summed E-state index contributed by atoms with van der Waals surface area (Å²) in [7, 11) is 1.61. The summed E-state index contributed by atoms with van der Waals surface area (Å²) in [5.74, 6) is 0.430. The number of carbonyl (C=O) groups is 2. The normalized spacial score (nSPS) is 10.4. The summed E-state index contributed by atoms with van der Waals surface area (Å²) in [6.07, 6.45) is 1.60. The Labute approximate surface area is 173 Å². The van der Waals surface area contributed by atoms with E-state index in [-0.39, 0.29) is 11.8 Å². The van der Waals surface area contributed by atoms with Crippen LogP contribution in [0.1, 0.15) is 33.2 Å². The fourth-order valence-corrected chi connectivity index (χ4v) is 3.46. The average Bonchev–Trinajstić information content (AvgIpc) is 3.22. The lowest BCUT2D eigenvalue weighted by molar-refractivity contribution is -0.121. The van der Waals surface area contributed by atoms with Gasteiger partial charge in [0, 0.05) is 30.6 Å². The molecule has 2 amide bonds. The smallest absolute Gasteiger partial charge is 0.286 e. The highest BCUT2D eigenvalue weighted by atomic mass is 32.1. The topological polar surface area (TPSA) is 93.2 Å². The van der Waals surface area contributed by atoms with Gasteiger partial charge in [-0.05, 0) is 24.6 Å². The molecule has 29 heavy (non-hydrogen) atoms. The maximum Gasteiger partial charge on any atom is 0.286 e. The van der Waals surface area contributed by atoms with Crippen molar-refractivity contribution >= 4 is 28.8 Å². The van der Waals surface area contributed by atoms with Gasteiger partial charge in [-0.25, -0.2) is 0 Å². The number of benzene rings is 2. The number of methoxy groups -OCH3 is 1. The van der Waals surface area contributed by atoms with E-state index in [9.17, 15) is 9.59 Å². The fraction of sp³-hybridized carbons (Fsp3) is 0.238. The third-order valence-corrected chi connectivity index (χ3v) is 5.14. The second kappa shape index (κ2) is 10.3. The van der Waals surface area contributed by atoms with E-state index < -0.39 is 0 Å². The van der Waals surface area contributed by atoms with Gasteiger partial charge in [0.25, 0.3) is 5.91 Å². The third-order valence-electron chi connectivity index (χ3n) is 4.16. The number of rotatable bonds is 9. The zero-order chi connectivity index (χ0) is 20.5. The first kappa shape index (κ1) is 20.5. The lowest BCUT2D eigenvalue weighted by Gasteiger charge is -2.09. The minimum atomic E-state index is -0.283. The van der Waals surface area contributed by atoms with Crippen LogP contribution in [0.2, 0.25) is 0 Å². The van der Waals surface area contributed by atoms with Gasteiger partial charge in [-0.15, -0.1) is 10.2 Å². The summed E-state index contributed by atoms with van der Waals surface area (Å²) in [4.78, 5) is 24.3. The SMILES string of the molecule is COc1ccccc1CNC(=O)CCCc1nnc(C(=O)Nc2ccccc2)s1. The van der Waals surface area contributed by atoms with Gasteiger partial charge in [-0.3, -0.25) is 9.59 Å². The van der Waals surface area contributed by atoms with Gasteiger partial charge in [-0.1, -0.05) is 47.7 Å². The molecule has 2 aromatic carbocycles. The maximum atomic E-state index is 12.2. The number of hydrogen-bond acceptors (Lipinski definition) is 6. The summed E-state index contributed by atoms with van der Waals surface area (Å²) in [5.41, 5.74) is 1.64. The van der Waals surface area contributed by atoms with E-state index in [1.165, 1.54) is 11.3 Å². The molecular formula is C21H22N4O3S. The molecule has 0 aliphatic rings. The van der Waals surface area contributed by atoms with Crippen LogP contribution in [0, 0.1) is 0 Å². The Bertz CT molecular complexity index is 959. The first-order valence-corrected chi connectivity index (χ1v) is 10.0. The Morgan fingerprint density at radius 1 is 1.03 bits per heavy atom. The van der Waals surface area contributed by atoms with Crippen molar-refractivity contribution in [1.29, 1.82) is 0 Å². The molecule has 0 saturated carbocycles. The lowest BCUT2D eigenvalue weighted by Crippen LogP contribution is -2.22. The fourth-order valence-electron chi connectivity index (χ4n) is 2.68. The van der Waals surface area contributed by atoms with Crippen LogP contribution in [0.3, 0.4) is 0 Å². The number of aryl methyl sites for hydroxylation is 1. The number of aromatic nitrogens is 2. The third kappa shape index (κ3) is 6.11. The van der Waals surface area contributed by atoms with Crippen molar-refractivity contribution in [2.75, 3.05) is 12.4 Å². The van der Waals surface area contributed by atoms with Crippen LogP contribution in [0.5, 0.6) is 5.75 Å². The van der Waals surface area contributed by atoms with Crippen LogP contribution in [0.25, 0.3) is 0 Å². The molecule has 8 heteroatoms. The monoisotopic (exact) mass is 410 g/mol. The average molecular weight is 410 g/mol. The molecule has 2 N–H and O–H groups in total. The molecule has 1 heterocycles. The maximum absolute atomic E-state index is 12.2. The highest BCUT2D eigenvalue weighted by Crippen LogP contribution is 2.17. The molecule has 0 aliphatic heterocycles. The number of para-hydroxylation sites is 2. The number of ether oxygens (including phenoxy) is 1. The molecule has 3 aromatic rings. The molecule has 0 bridgehead atoms. The van der Waals surface area contributed by atoms with Crippen molar-refractivity contribution < 1.29 is 14.3 Å². The van der Waals surface area contributed by atoms with Crippen molar-refractivity contribution in [1.82, 2.24) is 15.5 Å². The summed E-state index contributed by atoms with van der Waals surface area (Å²) < 4.78 is 5.28. The predicted octanol–water partition coefficient (Wildman–Crippen LogP) is 3.44. The van der Waals surface area contributed by atoms with Gasteiger partial charge >= 0.3 is 0 Å². The van der Waals surface area contributed by atoms with E-state index in [4.69, 9.17) is 4.74 Å². The van der Waals surface area contributed by atoms with Gasteiger partial charge in [0.2, 0.25) is 10.9 Å². The van der Waals surface area contributed by atoms with Crippen LogP contribution in [-0.2, 0) is 17.8 Å². The minimum absolute atomic E-state index is 0.0394. The van der Waals surface area contributed by atoms with Crippen LogP contribution in [0.15, 0.2) is 54.6 Å². The molecule has 150 valence electrons. The van der Waals surface area contributed by atoms with E-state index in [1.54, 1.807) is 7.11 Å². The second-order valence-corrected chi connectivity index (χ2v) is 7.33. The van der Waals surface area contributed by atoms with Gasteiger partial charge in [0.05, 0.1) is 7.11 Å². The largest absolute Gasteiger partial charge is 0.496 e. The second-order valence-electron chi connectivity index (χ2n) is 6.26. The Hall–Kier alpha value is -3.26. The highest BCUT2D eigenvalue weighted by molar-refractivity contribution is 7.13. The van der Waals surface area contributed by atoms with Gasteiger partial charge in [-0.2, -0.15) is 0 Å². The highest BCUT2D eigenvalue weighted by Gasteiger charge is 2.13. The molecule has 0 unspecified atom stereocenters. The Morgan fingerprint density at radius 3 is 2.59 bits per heavy atom. The lowest BCUT2D eigenvalue weighted by atomic mass is 10.2. The van der Waals surface area contributed by atoms with E-state index >= 15 is 0 Å². The van der Waals surface area contributed by atoms with E-state index in [1.807, 2.05) is 54.6 Å². The minimum Gasteiger partial charge on any atom is -0.496 e. The molecular weight excluding hydrogens is 388 g/mol. The van der Waals surface area contributed by atoms with Crippen molar-refractivity contribution in [3.05, 3.63) is 70.2 Å². The van der Waals surface area contributed by atoms with Crippen LogP contribution in [0.4, 0.5) is 5.69 Å². The standard InChI is InChI=1S/C21H22N4O3S/c1-28-17-11-6-5-8-15(17)14-22-18(26)12-7-13-19-24-25-21(29-19)20(27)23-16-9-3-2-4-10-16/h2-6,8-11H,7,12-14H2,1H3,(H,22,26)(H,23,27). The van der Waals surface area contributed by atoms with E-state index in [0.29, 0.717) is 36.5 Å². The van der Waals surface area contributed by atoms with E-state index in [0.717, 1.165) is 16.3 Å². The zero-order valence-electron chi connectivity index (χ0n) is 16.1. The van der Waals surface area contributed by atoms with Crippen molar-refractivity contribution in [2.45, 2.75) is 25.8 Å². The molecule has 7 nitrogen and oxygen atoms in total. The summed E-state index contributed by atoms with van der Waals surface area (Å²) in [5, 5.41) is 14.7. The number of hydrogen-bond donors (Lipinski definition) is 2. The van der Waals surface area contributed by atoms with Crippen molar-refractivity contribution in [3.63, 3.8) is 0 Å². The summed E-state index contributed by atoms with van der Waals surface area (Å²) in [6, 6.07) is 16.8.